The van der Waals surface area contributed by atoms with Gasteiger partial charge in [-0.2, -0.15) is 0 Å². The second-order valence-electron chi connectivity index (χ2n) is 26.5. The topological polar surface area (TPSA) is 0 Å². The van der Waals surface area contributed by atoms with Gasteiger partial charge in [0.25, 0.3) is 0 Å². The van der Waals surface area contributed by atoms with Crippen molar-refractivity contribution >= 4 is 42.1 Å². The van der Waals surface area contributed by atoms with Crippen LogP contribution in [0.15, 0.2) is 89.2 Å². The molecule has 0 nitrogen and oxygen atoms in total. The molecule has 8 aliphatic carbocycles. The fourth-order valence-corrected chi connectivity index (χ4v) is 25.9. The first-order valence-corrected chi connectivity index (χ1v) is 44.1. The average Bonchev–Trinajstić information content (AvgIpc) is 3.95. The third kappa shape index (κ3) is 12.6. The Labute approximate surface area is 507 Å². The second kappa shape index (κ2) is 29.0. The van der Waals surface area contributed by atoms with E-state index in [9.17, 15) is 0 Å². The van der Waals surface area contributed by atoms with E-state index in [0.717, 1.165) is 118 Å². The van der Waals surface area contributed by atoms with Crippen LogP contribution < -0.4 is 0 Å². The van der Waals surface area contributed by atoms with Crippen LogP contribution in [0.3, 0.4) is 0 Å². The molecule has 0 spiro atoms. The molecule has 0 radical (unpaired) electrons. The van der Waals surface area contributed by atoms with Gasteiger partial charge in [-0.1, -0.05) is 113 Å². The molecule has 426 valence electrons. The number of halogens is 4. The predicted octanol–water partition coefficient (Wildman–Crippen LogP) is 23.8. The monoisotopic (exact) mass is 1280 g/mol. The van der Waals surface area contributed by atoms with Gasteiger partial charge in [-0.25, -0.2) is 0 Å². The van der Waals surface area contributed by atoms with Crippen molar-refractivity contribution in [2.75, 3.05) is 0 Å². The van der Waals surface area contributed by atoms with Crippen LogP contribution in [0.1, 0.15) is 179 Å². The molecule has 0 aromatic heterocycles. The van der Waals surface area contributed by atoms with Gasteiger partial charge < -0.3 is 29.7 Å². The Balaban J connectivity index is 0.000000647. The standard InChI is InChI=1S/C32H52Si.C32H50.4CH3.4ClH.2Zr/c1-15-17(3)21(7)29-27(19(15)5)23(9)25(11)31(29)33(13,14)32-26(12)24(10)28-20(6)16(2)18(4)22(8)30(28)32;1-15-17(3)23(9)31-27(19(5)25(11)29(31)21(15)7)13-14-28-20(6)26(12)30-22(8)16(2)18(4)24(10)32(28)30;;;;;;;;;;/h23-32H,1-14H3;19-20,25-32H,13-14H2,1-12H3;4*1H3;4*1H;;/q;;4*-1;;;;;2*+4/p-4. The third-order valence-corrected chi connectivity index (χ3v) is 30.1. The SMILES string of the molecule is CC1=C(C)C2C(C)C(C)C(CCC3C(C)C(C)C4C(C)=C(C)C(C)=C(C)C34)C2C(C)=C1C.CC1=C(C)C2C(C)C(C)C([Si](C)(C)C3C(C)C(C)C4C(C)=C(C)C(C)=C(C)C43)C2C(C)=C1C.[CH3-].[CH3-].[CH3-].[CH3-].[Cl][Zr+2][Cl].[Cl][Zr+2][Cl]. The van der Waals surface area contributed by atoms with Crippen molar-refractivity contribution in [3.05, 3.63) is 119 Å². The number of fused-ring (bicyclic) bond motifs is 4. The third-order valence-electron chi connectivity index (χ3n) is 24.8. The maximum absolute atomic E-state index is 4.93. The summed E-state index contributed by atoms with van der Waals surface area (Å²) in [6, 6.07) is 0. The molecule has 20 atom stereocenters. The first kappa shape index (κ1) is 74.1. The molecule has 0 amide bonds. The summed E-state index contributed by atoms with van der Waals surface area (Å²) in [5.74, 6) is 14.4. The number of allylic oxidation sites excluding steroid dienone is 16. The van der Waals surface area contributed by atoms with Crippen LogP contribution >= 0.6 is 34.1 Å². The van der Waals surface area contributed by atoms with Crippen molar-refractivity contribution in [2.24, 2.45) is 107 Å². The first-order chi connectivity index (χ1) is 32.9. The Hall–Kier alpha value is 1.06. The van der Waals surface area contributed by atoms with Crippen LogP contribution in [0, 0.1) is 136 Å². The van der Waals surface area contributed by atoms with Crippen molar-refractivity contribution in [1.82, 2.24) is 0 Å². The molecule has 75 heavy (non-hydrogen) atoms. The Kier molecular flexibility index (Phi) is 28.7. The summed E-state index contributed by atoms with van der Waals surface area (Å²) in [7, 11) is 18.1. The fourth-order valence-electron chi connectivity index (χ4n) is 19.4. The Morgan fingerprint density at radius 3 is 0.653 bits per heavy atom. The van der Waals surface area contributed by atoms with Crippen LogP contribution in [0.2, 0.25) is 24.2 Å². The van der Waals surface area contributed by atoms with E-state index >= 15 is 0 Å². The van der Waals surface area contributed by atoms with Crippen molar-refractivity contribution in [2.45, 2.75) is 203 Å². The quantitative estimate of drug-likeness (QED) is 0.190. The zero-order valence-electron chi connectivity index (χ0n) is 54.0. The molecule has 8 rings (SSSR count). The molecular weight excluding hydrogens is 1170 g/mol. The van der Waals surface area contributed by atoms with Crippen LogP contribution in [-0.4, -0.2) is 8.07 Å². The van der Waals surface area contributed by atoms with E-state index in [2.05, 4.69) is 179 Å². The normalized spacial score (nSPS) is 38.7. The van der Waals surface area contributed by atoms with Crippen LogP contribution in [0.4, 0.5) is 0 Å². The van der Waals surface area contributed by atoms with Gasteiger partial charge in [0.1, 0.15) is 0 Å². The summed E-state index contributed by atoms with van der Waals surface area (Å²) in [5, 5.41) is 0. The van der Waals surface area contributed by atoms with Crippen LogP contribution in [0.25, 0.3) is 0 Å². The summed E-state index contributed by atoms with van der Waals surface area (Å²) in [6.45, 7) is 65.2. The summed E-state index contributed by atoms with van der Waals surface area (Å²) in [4.78, 5) is 0. The summed E-state index contributed by atoms with van der Waals surface area (Å²) >= 11 is -1.65. The number of hydrogen-bond acceptors (Lipinski definition) is 0. The van der Waals surface area contributed by atoms with E-state index < -0.39 is 49.8 Å². The zero-order chi connectivity index (χ0) is 54.1. The minimum absolute atomic E-state index is 0. The van der Waals surface area contributed by atoms with E-state index in [1.165, 1.54) is 12.8 Å². The van der Waals surface area contributed by atoms with E-state index in [-0.39, 0.29) is 29.7 Å². The van der Waals surface area contributed by atoms with Gasteiger partial charge >= 0.3 is 75.7 Å². The van der Waals surface area contributed by atoms with Crippen molar-refractivity contribution in [3.63, 3.8) is 0 Å². The zero-order valence-corrected chi connectivity index (χ0v) is 62.9. The molecule has 20 unspecified atom stereocenters. The maximum atomic E-state index is 4.93. The molecule has 4 fully saturated rings. The van der Waals surface area contributed by atoms with E-state index in [0.29, 0.717) is 0 Å². The summed E-state index contributed by atoms with van der Waals surface area (Å²) < 4.78 is 0. The van der Waals surface area contributed by atoms with Crippen LogP contribution in [0.5, 0.6) is 0 Å². The van der Waals surface area contributed by atoms with Crippen LogP contribution in [-0.2, 0) is 41.7 Å². The Bertz CT molecular complexity index is 2130. The van der Waals surface area contributed by atoms with E-state index in [1.807, 2.05) is 0 Å². The Morgan fingerprint density at radius 1 is 0.280 bits per heavy atom. The van der Waals surface area contributed by atoms with E-state index in [1.54, 1.807) is 89.2 Å². The summed E-state index contributed by atoms with van der Waals surface area (Å²) in [6.07, 6.45) is 2.84. The van der Waals surface area contributed by atoms with Crippen molar-refractivity contribution in [1.29, 1.82) is 0 Å². The predicted molar refractivity (Wildman–Crippen MR) is 338 cm³/mol. The molecule has 4 saturated carbocycles. The van der Waals surface area contributed by atoms with Gasteiger partial charge in [0.15, 0.2) is 0 Å². The van der Waals surface area contributed by atoms with Gasteiger partial charge in [0, 0.05) is 0 Å². The van der Waals surface area contributed by atoms with E-state index in [4.69, 9.17) is 34.1 Å². The molecule has 8 aliphatic rings. The minimum atomic E-state index is -1.62. The molecule has 0 bridgehead atoms. The molecule has 0 N–H and O–H groups in total. The first-order valence-electron chi connectivity index (χ1n) is 28.2. The molecule has 0 aliphatic heterocycles. The average molecular weight is 1280 g/mol. The number of rotatable bonds is 5. The van der Waals surface area contributed by atoms with Crippen molar-refractivity contribution < 1.29 is 41.7 Å². The second-order valence-corrected chi connectivity index (χ2v) is 38.9. The molecule has 0 aromatic rings. The van der Waals surface area contributed by atoms with Gasteiger partial charge in [-0.05, 0) is 286 Å². The van der Waals surface area contributed by atoms with Gasteiger partial charge in [-0.15, -0.1) is 0 Å². The number of hydrogen-bond donors (Lipinski definition) is 0. The van der Waals surface area contributed by atoms with Gasteiger partial charge in [-0.3, -0.25) is 0 Å². The Morgan fingerprint density at radius 2 is 0.440 bits per heavy atom. The molecule has 0 saturated heterocycles. The molecule has 0 aromatic carbocycles. The fraction of sp³-hybridized carbons (Fsp3) is 0.706. The summed E-state index contributed by atoms with van der Waals surface area (Å²) in [5.41, 5.74) is 28.2. The van der Waals surface area contributed by atoms with Gasteiger partial charge in [0.2, 0.25) is 0 Å². The molecule has 7 heteroatoms. The van der Waals surface area contributed by atoms with Gasteiger partial charge in [0.05, 0.1) is 8.07 Å². The van der Waals surface area contributed by atoms with Crippen molar-refractivity contribution in [3.8, 4) is 0 Å². The molecule has 0 heterocycles. The molecular formula is C68H114Cl4SiZr2.